The van der Waals surface area contributed by atoms with Crippen LogP contribution in [0.3, 0.4) is 0 Å². The zero-order valence-electron chi connectivity index (χ0n) is 21.0. The second-order valence-electron chi connectivity index (χ2n) is 9.53. The molecule has 0 atom stereocenters. The van der Waals surface area contributed by atoms with E-state index >= 15 is 4.39 Å². The Hall–Kier alpha value is -4.42. The Morgan fingerprint density at radius 2 is 1.71 bits per heavy atom. The van der Waals surface area contributed by atoms with Gasteiger partial charge >= 0.3 is 5.69 Å². The van der Waals surface area contributed by atoms with Gasteiger partial charge in [0.15, 0.2) is 17.5 Å². The topological polar surface area (TPSA) is 104 Å². The van der Waals surface area contributed by atoms with E-state index in [-0.39, 0.29) is 52.9 Å². The zero-order valence-corrected chi connectivity index (χ0v) is 22.5. The summed E-state index contributed by atoms with van der Waals surface area (Å²) < 4.78 is 47.1. The average molecular weight is 601 g/mol. The van der Waals surface area contributed by atoms with Crippen LogP contribution in [0.5, 0.6) is 0 Å². The Labute approximate surface area is 238 Å². The summed E-state index contributed by atoms with van der Waals surface area (Å²) in [5.41, 5.74) is -0.0823. The first-order valence-corrected chi connectivity index (χ1v) is 12.8. The molecule has 0 saturated carbocycles. The van der Waals surface area contributed by atoms with E-state index in [1.807, 2.05) is 0 Å². The number of nitrogens with zero attached hydrogens (tertiary/aromatic N) is 5. The van der Waals surface area contributed by atoms with Crippen LogP contribution in [-0.4, -0.2) is 29.8 Å². The smallest absolute Gasteiger partial charge is 0.325 e. The van der Waals surface area contributed by atoms with Crippen molar-refractivity contribution in [3.63, 3.8) is 0 Å². The number of aryl methyl sites for hydroxylation is 1. The maximum Gasteiger partial charge on any atom is 0.332 e. The maximum atomic E-state index is 15.8. The molecule has 6 rings (SSSR count). The number of fused-ring (bicyclic) bond motifs is 2. The third-order valence-corrected chi connectivity index (χ3v) is 7.33. The van der Waals surface area contributed by atoms with E-state index in [4.69, 9.17) is 23.2 Å². The summed E-state index contributed by atoms with van der Waals surface area (Å²) in [5.74, 6) is -3.55. The summed E-state index contributed by atoms with van der Waals surface area (Å²) in [6.07, 6.45) is 1.48. The number of halogens is 5. The van der Waals surface area contributed by atoms with Crippen molar-refractivity contribution in [1.82, 2.24) is 23.9 Å². The second-order valence-corrected chi connectivity index (χ2v) is 10.3. The first-order valence-electron chi connectivity index (χ1n) is 12.1. The number of hydrogen-bond acceptors (Lipinski definition) is 5. The van der Waals surface area contributed by atoms with Gasteiger partial charge in [-0.05, 0) is 53.1 Å². The number of carbonyl (C=O) groups is 1. The highest BCUT2D eigenvalue weighted by Crippen LogP contribution is 2.37. The molecule has 0 saturated heterocycles. The van der Waals surface area contributed by atoms with Crippen molar-refractivity contribution in [3.05, 3.63) is 108 Å². The number of carbonyl (C=O) groups excluding carboxylic acids is 1. The van der Waals surface area contributed by atoms with Crippen LogP contribution in [0.1, 0.15) is 17.0 Å². The first kappa shape index (κ1) is 26.8. The molecular formula is C27H17Cl2F3N6O3. The van der Waals surface area contributed by atoms with Gasteiger partial charge in [-0.1, -0.05) is 23.2 Å². The van der Waals surface area contributed by atoms with Crippen molar-refractivity contribution in [2.24, 2.45) is 7.05 Å². The fourth-order valence-electron chi connectivity index (χ4n) is 4.88. The van der Waals surface area contributed by atoms with Gasteiger partial charge in [0, 0.05) is 18.3 Å². The van der Waals surface area contributed by atoms with Crippen LogP contribution in [0.4, 0.5) is 18.9 Å². The number of hydrogen-bond donors (Lipinski definition) is 1. The van der Waals surface area contributed by atoms with Crippen molar-refractivity contribution < 1.29 is 18.0 Å². The van der Waals surface area contributed by atoms with Crippen LogP contribution in [0.15, 0.2) is 52.3 Å². The van der Waals surface area contributed by atoms with Gasteiger partial charge in [0.25, 0.3) is 5.56 Å². The predicted octanol–water partition coefficient (Wildman–Crippen LogP) is 4.27. The van der Waals surface area contributed by atoms with E-state index in [9.17, 15) is 23.2 Å². The minimum absolute atomic E-state index is 0.0874. The summed E-state index contributed by atoms with van der Waals surface area (Å²) in [5, 5.41) is 6.03. The van der Waals surface area contributed by atoms with Crippen molar-refractivity contribution in [2.45, 2.75) is 19.5 Å². The van der Waals surface area contributed by atoms with Crippen molar-refractivity contribution in [1.29, 1.82) is 0 Å². The predicted molar refractivity (Wildman–Crippen MR) is 146 cm³/mol. The highest BCUT2D eigenvalue weighted by molar-refractivity contribution is 6.34. The first-order chi connectivity index (χ1) is 19.5. The molecule has 1 aliphatic heterocycles. The molecule has 3 aromatic carbocycles. The van der Waals surface area contributed by atoms with Gasteiger partial charge in [-0.25, -0.2) is 22.9 Å². The molecule has 9 nitrogen and oxygen atoms in total. The molecule has 41 heavy (non-hydrogen) atoms. The summed E-state index contributed by atoms with van der Waals surface area (Å²) >= 11 is 12.3. The molecule has 14 heteroatoms. The van der Waals surface area contributed by atoms with Crippen LogP contribution in [0, 0.1) is 17.5 Å². The maximum absolute atomic E-state index is 15.8. The lowest BCUT2D eigenvalue weighted by molar-refractivity contribution is -0.115. The largest absolute Gasteiger partial charge is 0.332 e. The van der Waals surface area contributed by atoms with Gasteiger partial charge in [-0.2, -0.15) is 5.10 Å². The van der Waals surface area contributed by atoms with Gasteiger partial charge < -0.3 is 5.32 Å². The Bertz CT molecular complexity index is 2030. The quantitative estimate of drug-likeness (QED) is 0.303. The van der Waals surface area contributed by atoms with Gasteiger partial charge in [-0.15, -0.1) is 0 Å². The van der Waals surface area contributed by atoms with Crippen molar-refractivity contribution in [2.75, 3.05) is 5.32 Å². The monoisotopic (exact) mass is 600 g/mol. The van der Waals surface area contributed by atoms with Gasteiger partial charge in [0.1, 0.15) is 12.1 Å². The fraction of sp³-hybridized carbons (Fsp3) is 0.148. The Morgan fingerprint density at radius 1 is 0.927 bits per heavy atom. The molecule has 0 bridgehead atoms. The van der Waals surface area contributed by atoms with Crippen molar-refractivity contribution in [3.8, 4) is 11.1 Å². The SMILES string of the molecule is Cn1cnc(Cn2c(=O)c3c(F)cc(-c4cc5c(cc4Cl)NC(=O)C5)cc3n(Cc3cc(F)c(F)c(Cl)c3)c2=O)n1. The number of anilines is 1. The van der Waals surface area contributed by atoms with Gasteiger partial charge in [0.05, 0.1) is 40.5 Å². The van der Waals surface area contributed by atoms with Gasteiger partial charge in [0.2, 0.25) is 5.91 Å². The molecule has 1 amide bonds. The summed E-state index contributed by atoms with van der Waals surface area (Å²) in [6, 6.07) is 7.67. The fourth-order valence-corrected chi connectivity index (χ4v) is 5.39. The highest BCUT2D eigenvalue weighted by atomic mass is 35.5. The molecule has 1 aliphatic rings. The third kappa shape index (κ3) is 4.68. The van der Waals surface area contributed by atoms with Crippen LogP contribution < -0.4 is 16.6 Å². The minimum atomic E-state index is -1.26. The molecule has 3 heterocycles. The van der Waals surface area contributed by atoms with E-state index < -0.39 is 39.1 Å². The zero-order chi connectivity index (χ0) is 29.2. The van der Waals surface area contributed by atoms with E-state index in [0.29, 0.717) is 16.8 Å². The van der Waals surface area contributed by atoms with E-state index in [1.165, 1.54) is 23.1 Å². The number of aromatic nitrogens is 5. The summed E-state index contributed by atoms with van der Waals surface area (Å²) in [4.78, 5) is 43.1. The molecule has 5 aromatic rings. The molecule has 208 valence electrons. The highest BCUT2D eigenvalue weighted by Gasteiger charge is 2.23. The van der Waals surface area contributed by atoms with E-state index in [2.05, 4.69) is 15.4 Å². The number of rotatable bonds is 5. The van der Waals surface area contributed by atoms with Crippen LogP contribution >= 0.6 is 23.2 Å². The second kappa shape index (κ2) is 9.89. The average Bonchev–Trinajstić information content (AvgIpc) is 3.49. The Morgan fingerprint density at radius 3 is 2.41 bits per heavy atom. The number of nitrogens with one attached hydrogen (secondary N) is 1. The molecule has 0 unspecified atom stereocenters. The normalized spacial score (nSPS) is 12.7. The molecule has 1 N–H and O–H groups in total. The lowest BCUT2D eigenvalue weighted by atomic mass is 10.00. The van der Waals surface area contributed by atoms with Crippen LogP contribution in [0.25, 0.3) is 22.0 Å². The van der Waals surface area contributed by atoms with Crippen molar-refractivity contribution >= 4 is 45.7 Å². The number of amides is 1. The molecular weight excluding hydrogens is 584 g/mol. The van der Waals surface area contributed by atoms with E-state index in [1.54, 1.807) is 13.1 Å². The Kier molecular flexibility index (Phi) is 6.46. The van der Waals surface area contributed by atoms with Gasteiger partial charge in [-0.3, -0.25) is 23.4 Å². The lowest BCUT2D eigenvalue weighted by Crippen LogP contribution is -2.41. The third-order valence-electron chi connectivity index (χ3n) is 6.74. The minimum Gasteiger partial charge on any atom is -0.325 e. The van der Waals surface area contributed by atoms with E-state index in [0.717, 1.165) is 27.3 Å². The molecule has 0 fully saturated rings. The molecule has 0 spiro atoms. The molecule has 2 aromatic heterocycles. The van der Waals surface area contributed by atoms with Crippen LogP contribution in [0.2, 0.25) is 10.0 Å². The Balaban J connectivity index is 1.60. The summed E-state index contributed by atoms with van der Waals surface area (Å²) in [7, 11) is 1.60. The van der Waals surface area contributed by atoms with Crippen LogP contribution in [-0.2, 0) is 31.4 Å². The molecule has 0 radical (unpaired) electrons. The standard InChI is InChI=1S/C27H17Cl2F3N6O3/c1-36-11-33-22(35-36)10-38-26(40)24-18(30)5-13(15-4-14-7-23(39)34-20(14)8-16(15)28)6-21(24)37(27(38)41)9-12-2-17(29)25(32)19(31)3-12/h2-6,8,11H,7,9-10H2,1H3,(H,34,39). The number of benzene rings is 3. The summed E-state index contributed by atoms with van der Waals surface area (Å²) in [6.45, 7) is -0.757. The lowest BCUT2D eigenvalue weighted by Gasteiger charge is -2.16. The molecule has 0 aliphatic carbocycles.